The van der Waals surface area contributed by atoms with Crippen LogP contribution in [0, 0.1) is 0 Å². The zero-order valence-electron chi connectivity index (χ0n) is 11.2. The van der Waals surface area contributed by atoms with Crippen LogP contribution in [0.5, 0.6) is 0 Å². The van der Waals surface area contributed by atoms with Crippen molar-refractivity contribution in [3.63, 3.8) is 0 Å². The van der Waals surface area contributed by atoms with Crippen LogP contribution < -0.4 is 5.32 Å². The van der Waals surface area contributed by atoms with Crippen LogP contribution in [0.25, 0.3) is 0 Å². The summed E-state index contributed by atoms with van der Waals surface area (Å²) in [6, 6.07) is 1.67. The Labute approximate surface area is 113 Å². The second kappa shape index (κ2) is 5.33. The number of hydrogen-bond donors (Lipinski definition) is 2. The summed E-state index contributed by atoms with van der Waals surface area (Å²) in [5.74, 6) is -0.106. The average molecular weight is 263 g/mol. The summed E-state index contributed by atoms with van der Waals surface area (Å²) >= 11 is 0. The highest BCUT2D eigenvalue weighted by atomic mass is 16.5. The molecule has 0 bridgehead atoms. The van der Waals surface area contributed by atoms with Gasteiger partial charge in [-0.25, -0.2) is 0 Å². The quantitative estimate of drug-likeness (QED) is 0.876. The Morgan fingerprint density at radius 2 is 2.26 bits per heavy atom. The van der Waals surface area contributed by atoms with E-state index in [9.17, 15) is 4.79 Å². The van der Waals surface area contributed by atoms with Crippen molar-refractivity contribution in [2.45, 2.75) is 56.7 Å². The van der Waals surface area contributed by atoms with Gasteiger partial charge in [-0.05, 0) is 31.7 Å². The number of rotatable bonds is 3. The number of carbonyl (C=O) groups is 1. The third kappa shape index (κ3) is 2.81. The smallest absolute Gasteiger partial charge is 0.269 e. The summed E-state index contributed by atoms with van der Waals surface area (Å²) in [4.78, 5) is 11.8. The average Bonchev–Trinajstić information content (AvgIpc) is 3.08. The number of nitrogens with zero attached hydrogens (tertiary/aromatic N) is 1. The summed E-state index contributed by atoms with van der Waals surface area (Å²) in [5, 5.41) is 9.35. The molecule has 1 aromatic heterocycles. The fourth-order valence-corrected chi connectivity index (χ4v) is 3.29. The topological polar surface area (TPSA) is 67.0 Å². The molecule has 1 amide bonds. The largest absolute Gasteiger partial charge is 0.370 e. The van der Waals surface area contributed by atoms with E-state index < -0.39 is 0 Å². The molecule has 2 fully saturated rings. The Bertz CT molecular complexity index is 424. The minimum absolute atomic E-state index is 0.106. The molecule has 1 aliphatic heterocycles. The van der Waals surface area contributed by atoms with Crippen LogP contribution in [0.3, 0.4) is 0 Å². The van der Waals surface area contributed by atoms with Crippen molar-refractivity contribution in [1.29, 1.82) is 0 Å². The zero-order chi connectivity index (χ0) is 13.1. The Morgan fingerprint density at radius 3 is 3.00 bits per heavy atom. The van der Waals surface area contributed by atoms with Crippen molar-refractivity contribution >= 4 is 5.91 Å². The van der Waals surface area contributed by atoms with E-state index in [4.69, 9.17) is 4.74 Å². The number of aromatic amines is 1. The number of amides is 1. The Morgan fingerprint density at radius 1 is 1.42 bits per heavy atom. The monoisotopic (exact) mass is 263 g/mol. The molecular formula is C14H21N3O2. The van der Waals surface area contributed by atoms with E-state index in [-0.39, 0.29) is 17.6 Å². The Kier molecular flexibility index (Phi) is 3.55. The van der Waals surface area contributed by atoms with Gasteiger partial charge in [0.1, 0.15) is 5.69 Å². The maximum atomic E-state index is 11.8. The van der Waals surface area contributed by atoms with Crippen LogP contribution >= 0.6 is 0 Å². The molecule has 1 saturated heterocycles. The molecule has 0 aromatic carbocycles. The van der Waals surface area contributed by atoms with Gasteiger partial charge in [-0.2, -0.15) is 5.10 Å². The number of carbonyl (C=O) groups excluding carboxylic acids is 1. The second-order valence-electron chi connectivity index (χ2n) is 5.70. The molecule has 1 unspecified atom stereocenters. The molecule has 1 aliphatic carbocycles. The third-order valence-corrected chi connectivity index (χ3v) is 4.34. The SMILES string of the molecule is O=C(NCC1CCC2(CCCCC2)O1)c1ccn[nH]1. The van der Waals surface area contributed by atoms with Crippen LogP contribution in [-0.4, -0.2) is 34.4 Å². The molecular weight excluding hydrogens is 242 g/mol. The summed E-state index contributed by atoms with van der Waals surface area (Å²) in [5.41, 5.74) is 0.632. The molecule has 1 spiro atoms. The first-order valence-electron chi connectivity index (χ1n) is 7.23. The Hall–Kier alpha value is -1.36. The molecule has 3 rings (SSSR count). The lowest BCUT2D eigenvalue weighted by molar-refractivity contribution is -0.0618. The fraction of sp³-hybridized carbons (Fsp3) is 0.714. The highest BCUT2D eigenvalue weighted by molar-refractivity contribution is 5.92. The van der Waals surface area contributed by atoms with Gasteiger partial charge in [0.2, 0.25) is 0 Å². The normalized spacial score (nSPS) is 25.6. The molecule has 2 N–H and O–H groups in total. The van der Waals surface area contributed by atoms with Gasteiger partial charge >= 0.3 is 0 Å². The first-order valence-corrected chi connectivity index (χ1v) is 7.23. The number of ether oxygens (including phenoxy) is 1. The van der Waals surface area contributed by atoms with E-state index in [0.29, 0.717) is 12.2 Å². The zero-order valence-corrected chi connectivity index (χ0v) is 11.2. The van der Waals surface area contributed by atoms with E-state index in [2.05, 4.69) is 15.5 Å². The molecule has 2 aliphatic rings. The first kappa shape index (κ1) is 12.7. The number of nitrogens with one attached hydrogen (secondary N) is 2. The van der Waals surface area contributed by atoms with Crippen molar-refractivity contribution < 1.29 is 9.53 Å². The predicted molar refractivity (Wildman–Crippen MR) is 70.8 cm³/mol. The van der Waals surface area contributed by atoms with Crippen molar-refractivity contribution in [3.8, 4) is 0 Å². The van der Waals surface area contributed by atoms with E-state index in [1.807, 2.05) is 0 Å². The summed E-state index contributed by atoms with van der Waals surface area (Å²) in [7, 11) is 0. The fourth-order valence-electron chi connectivity index (χ4n) is 3.29. The molecule has 1 atom stereocenters. The highest BCUT2D eigenvalue weighted by Crippen LogP contribution is 2.41. The summed E-state index contributed by atoms with van der Waals surface area (Å²) < 4.78 is 6.22. The summed E-state index contributed by atoms with van der Waals surface area (Å²) in [6.07, 6.45) is 10.3. The van der Waals surface area contributed by atoms with Gasteiger partial charge in [0.05, 0.1) is 11.7 Å². The maximum Gasteiger partial charge on any atom is 0.269 e. The molecule has 2 heterocycles. The van der Waals surface area contributed by atoms with Crippen LogP contribution in [0.15, 0.2) is 12.3 Å². The minimum atomic E-state index is -0.106. The van der Waals surface area contributed by atoms with Crippen LogP contribution in [-0.2, 0) is 4.74 Å². The van der Waals surface area contributed by atoms with Gasteiger partial charge in [-0.1, -0.05) is 19.3 Å². The molecule has 104 valence electrons. The van der Waals surface area contributed by atoms with Gasteiger partial charge in [0.15, 0.2) is 0 Å². The molecule has 19 heavy (non-hydrogen) atoms. The van der Waals surface area contributed by atoms with Crippen molar-refractivity contribution in [3.05, 3.63) is 18.0 Å². The number of hydrogen-bond acceptors (Lipinski definition) is 3. The van der Waals surface area contributed by atoms with Gasteiger partial charge in [-0.15, -0.1) is 0 Å². The lowest BCUT2D eigenvalue weighted by Crippen LogP contribution is -2.36. The second-order valence-corrected chi connectivity index (χ2v) is 5.70. The lowest BCUT2D eigenvalue weighted by Gasteiger charge is -2.33. The minimum Gasteiger partial charge on any atom is -0.370 e. The van der Waals surface area contributed by atoms with Crippen molar-refractivity contribution in [2.75, 3.05) is 6.54 Å². The number of aromatic nitrogens is 2. The lowest BCUT2D eigenvalue weighted by atomic mass is 9.83. The van der Waals surface area contributed by atoms with Crippen LogP contribution in [0.1, 0.15) is 55.4 Å². The van der Waals surface area contributed by atoms with Crippen molar-refractivity contribution in [2.24, 2.45) is 0 Å². The van der Waals surface area contributed by atoms with Gasteiger partial charge in [0, 0.05) is 12.7 Å². The molecule has 0 radical (unpaired) electrons. The molecule has 5 heteroatoms. The molecule has 1 saturated carbocycles. The van der Waals surface area contributed by atoms with Gasteiger partial charge < -0.3 is 10.1 Å². The van der Waals surface area contributed by atoms with E-state index in [1.165, 1.54) is 32.1 Å². The molecule has 1 aromatic rings. The third-order valence-electron chi connectivity index (χ3n) is 4.34. The van der Waals surface area contributed by atoms with Gasteiger partial charge in [-0.3, -0.25) is 9.89 Å². The predicted octanol–water partition coefficient (Wildman–Crippen LogP) is 2.02. The maximum absolute atomic E-state index is 11.8. The van der Waals surface area contributed by atoms with Crippen LogP contribution in [0.4, 0.5) is 0 Å². The van der Waals surface area contributed by atoms with Crippen LogP contribution in [0.2, 0.25) is 0 Å². The number of H-pyrrole nitrogens is 1. The highest BCUT2D eigenvalue weighted by Gasteiger charge is 2.40. The van der Waals surface area contributed by atoms with E-state index in [0.717, 1.165) is 12.8 Å². The van der Waals surface area contributed by atoms with Crippen molar-refractivity contribution in [1.82, 2.24) is 15.5 Å². The standard InChI is InChI=1S/C14H21N3O2/c18-13(12-5-9-16-17-12)15-10-11-4-8-14(19-11)6-2-1-3-7-14/h5,9,11H,1-4,6-8,10H2,(H,15,18)(H,16,17). The van der Waals surface area contributed by atoms with Gasteiger partial charge in [0.25, 0.3) is 5.91 Å². The first-order chi connectivity index (χ1) is 9.27. The summed E-state index contributed by atoms with van der Waals surface area (Å²) in [6.45, 7) is 0.597. The Balaban J connectivity index is 1.48. The van der Waals surface area contributed by atoms with E-state index in [1.54, 1.807) is 12.3 Å². The molecule has 5 nitrogen and oxygen atoms in total. The van der Waals surface area contributed by atoms with E-state index >= 15 is 0 Å².